The van der Waals surface area contributed by atoms with Crippen LogP contribution in [0.2, 0.25) is 0 Å². The lowest BCUT2D eigenvalue weighted by molar-refractivity contribution is 0.0761. The van der Waals surface area contributed by atoms with Gasteiger partial charge < -0.3 is 4.90 Å². The van der Waals surface area contributed by atoms with Crippen molar-refractivity contribution in [2.75, 3.05) is 13.1 Å². The Morgan fingerprint density at radius 1 is 1.00 bits per heavy atom. The fourth-order valence-corrected chi connectivity index (χ4v) is 3.14. The molecule has 29 heavy (non-hydrogen) atoms. The van der Waals surface area contributed by atoms with E-state index in [4.69, 9.17) is 0 Å². The van der Waals surface area contributed by atoms with E-state index in [2.05, 4.69) is 5.10 Å². The predicted molar refractivity (Wildman–Crippen MR) is 112 cm³/mol. The highest BCUT2D eigenvalue weighted by molar-refractivity contribution is 5.91. The number of amides is 1. The second-order valence-corrected chi connectivity index (χ2v) is 6.74. The van der Waals surface area contributed by atoms with E-state index in [1.165, 1.54) is 4.90 Å². The van der Waals surface area contributed by atoms with Crippen molar-refractivity contribution >= 4 is 5.91 Å². The van der Waals surface area contributed by atoms with Crippen LogP contribution in [0.1, 0.15) is 35.5 Å². The van der Waals surface area contributed by atoms with Crippen molar-refractivity contribution in [2.45, 2.75) is 27.3 Å². The topological polar surface area (TPSA) is 77.2 Å². The van der Waals surface area contributed by atoms with E-state index < -0.39 is 17.2 Å². The molecule has 7 nitrogen and oxygen atoms in total. The SMILES string of the molecule is CCN(CC)C(=O)c1nn(-c2cccc(C)c2)c(=O)n(Cc2ccccc2)c1=O. The van der Waals surface area contributed by atoms with E-state index in [0.717, 1.165) is 20.4 Å². The Morgan fingerprint density at radius 2 is 1.69 bits per heavy atom. The molecule has 0 spiro atoms. The molecule has 3 aromatic rings. The molecule has 0 saturated heterocycles. The molecule has 0 bridgehead atoms. The molecule has 1 heterocycles. The maximum absolute atomic E-state index is 13.1. The van der Waals surface area contributed by atoms with Crippen molar-refractivity contribution in [2.24, 2.45) is 0 Å². The Morgan fingerprint density at radius 3 is 2.31 bits per heavy atom. The Bertz CT molecular complexity index is 1130. The zero-order valence-corrected chi connectivity index (χ0v) is 16.8. The van der Waals surface area contributed by atoms with Gasteiger partial charge in [0.25, 0.3) is 11.5 Å². The first-order valence-corrected chi connectivity index (χ1v) is 9.60. The maximum Gasteiger partial charge on any atom is 0.352 e. The van der Waals surface area contributed by atoms with Crippen LogP contribution in [0.5, 0.6) is 0 Å². The Balaban J connectivity index is 2.25. The number of benzene rings is 2. The fraction of sp³-hybridized carbons (Fsp3) is 0.273. The monoisotopic (exact) mass is 392 g/mol. The van der Waals surface area contributed by atoms with Crippen LogP contribution in [0.4, 0.5) is 0 Å². The largest absolute Gasteiger partial charge is 0.352 e. The van der Waals surface area contributed by atoms with Gasteiger partial charge in [0, 0.05) is 13.1 Å². The third kappa shape index (κ3) is 4.18. The van der Waals surface area contributed by atoms with Gasteiger partial charge in [-0.3, -0.25) is 14.2 Å². The number of carbonyl (C=O) groups excluding carboxylic acids is 1. The molecule has 0 radical (unpaired) electrons. The molecule has 2 aromatic carbocycles. The molecule has 0 aliphatic carbocycles. The van der Waals surface area contributed by atoms with Crippen molar-refractivity contribution in [1.82, 2.24) is 19.2 Å². The molecule has 0 saturated carbocycles. The molecule has 0 aliphatic heterocycles. The fourth-order valence-electron chi connectivity index (χ4n) is 3.14. The number of hydrogen-bond donors (Lipinski definition) is 0. The second kappa shape index (κ2) is 8.68. The number of nitrogens with zero attached hydrogens (tertiary/aromatic N) is 4. The van der Waals surface area contributed by atoms with Gasteiger partial charge in [0.2, 0.25) is 5.69 Å². The Kier molecular flexibility index (Phi) is 6.07. The van der Waals surface area contributed by atoms with Crippen molar-refractivity contribution < 1.29 is 4.79 Å². The number of aromatic nitrogens is 3. The highest BCUT2D eigenvalue weighted by Gasteiger charge is 2.23. The van der Waals surface area contributed by atoms with Gasteiger partial charge in [-0.05, 0) is 44.0 Å². The van der Waals surface area contributed by atoms with Crippen LogP contribution in [0, 0.1) is 6.92 Å². The summed E-state index contributed by atoms with van der Waals surface area (Å²) in [7, 11) is 0. The molecular formula is C22H24N4O3. The zero-order valence-electron chi connectivity index (χ0n) is 16.8. The summed E-state index contributed by atoms with van der Waals surface area (Å²) in [6, 6.07) is 16.4. The average Bonchev–Trinajstić information content (AvgIpc) is 2.73. The minimum Gasteiger partial charge on any atom is -0.338 e. The lowest BCUT2D eigenvalue weighted by Gasteiger charge is -2.19. The molecule has 0 N–H and O–H groups in total. The van der Waals surface area contributed by atoms with E-state index in [0.29, 0.717) is 18.8 Å². The molecule has 0 aliphatic rings. The van der Waals surface area contributed by atoms with Crippen molar-refractivity contribution in [3.8, 4) is 5.69 Å². The van der Waals surface area contributed by atoms with Crippen LogP contribution in [0.25, 0.3) is 5.69 Å². The summed E-state index contributed by atoms with van der Waals surface area (Å²) >= 11 is 0. The lowest BCUT2D eigenvalue weighted by atomic mass is 10.2. The average molecular weight is 392 g/mol. The molecule has 150 valence electrons. The summed E-state index contributed by atoms with van der Waals surface area (Å²) in [5, 5.41) is 4.18. The minimum atomic E-state index is -0.681. The summed E-state index contributed by atoms with van der Waals surface area (Å²) in [5.41, 5.74) is 0.708. The van der Waals surface area contributed by atoms with E-state index >= 15 is 0 Å². The van der Waals surface area contributed by atoms with Gasteiger partial charge >= 0.3 is 5.69 Å². The van der Waals surface area contributed by atoms with Crippen LogP contribution in [-0.4, -0.2) is 38.2 Å². The molecule has 7 heteroatoms. The van der Waals surface area contributed by atoms with Crippen LogP contribution < -0.4 is 11.2 Å². The summed E-state index contributed by atoms with van der Waals surface area (Å²) in [6.45, 7) is 6.51. The maximum atomic E-state index is 13.1. The first kappa shape index (κ1) is 20.3. The molecule has 0 fully saturated rings. The smallest absolute Gasteiger partial charge is 0.338 e. The molecule has 1 aromatic heterocycles. The van der Waals surface area contributed by atoms with Crippen molar-refractivity contribution in [3.63, 3.8) is 0 Å². The van der Waals surface area contributed by atoms with Gasteiger partial charge in [-0.1, -0.05) is 42.5 Å². The minimum absolute atomic E-state index is 0.0609. The highest BCUT2D eigenvalue weighted by Crippen LogP contribution is 2.08. The molecule has 1 amide bonds. The van der Waals surface area contributed by atoms with Gasteiger partial charge in [-0.25, -0.2) is 4.79 Å². The quantitative estimate of drug-likeness (QED) is 0.645. The van der Waals surface area contributed by atoms with Gasteiger partial charge in [-0.2, -0.15) is 9.78 Å². The summed E-state index contributed by atoms with van der Waals surface area (Å²) < 4.78 is 2.20. The summed E-state index contributed by atoms with van der Waals surface area (Å²) in [4.78, 5) is 40.6. The van der Waals surface area contributed by atoms with Gasteiger partial charge in [0.15, 0.2) is 0 Å². The first-order valence-electron chi connectivity index (χ1n) is 9.60. The predicted octanol–water partition coefficient (Wildman–Crippen LogP) is 2.23. The van der Waals surface area contributed by atoms with Gasteiger partial charge in [0.1, 0.15) is 0 Å². The third-order valence-electron chi connectivity index (χ3n) is 4.74. The summed E-state index contributed by atoms with van der Waals surface area (Å²) in [6.07, 6.45) is 0. The molecule has 0 unspecified atom stereocenters. The second-order valence-electron chi connectivity index (χ2n) is 6.74. The number of aryl methyl sites for hydroxylation is 1. The van der Waals surface area contributed by atoms with Crippen LogP contribution in [0.15, 0.2) is 64.2 Å². The van der Waals surface area contributed by atoms with E-state index in [9.17, 15) is 14.4 Å². The number of rotatable bonds is 6. The van der Waals surface area contributed by atoms with Crippen molar-refractivity contribution in [1.29, 1.82) is 0 Å². The Labute approximate surface area is 168 Å². The van der Waals surface area contributed by atoms with Gasteiger partial charge in [0.05, 0.1) is 12.2 Å². The first-order chi connectivity index (χ1) is 14.0. The van der Waals surface area contributed by atoms with Crippen LogP contribution in [-0.2, 0) is 6.54 Å². The van der Waals surface area contributed by atoms with E-state index in [1.54, 1.807) is 18.2 Å². The number of hydrogen-bond acceptors (Lipinski definition) is 4. The van der Waals surface area contributed by atoms with E-state index in [1.807, 2.05) is 57.2 Å². The zero-order chi connectivity index (χ0) is 21.0. The molecule has 3 rings (SSSR count). The highest BCUT2D eigenvalue weighted by atomic mass is 16.2. The van der Waals surface area contributed by atoms with Crippen LogP contribution >= 0.6 is 0 Å². The normalized spacial score (nSPS) is 10.7. The van der Waals surface area contributed by atoms with Crippen LogP contribution in [0.3, 0.4) is 0 Å². The third-order valence-corrected chi connectivity index (χ3v) is 4.74. The standard InChI is InChI=1S/C22H24N4O3/c1-4-24(5-2)20(27)19-21(28)25(15-17-11-7-6-8-12-17)22(29)26(23-19)18-13-9-10-16(3)14-18/h6-14H,4-5,15H2,1-3H3. The van der Waals surface area contributed by atoms with Gasteiger partial charge in [-0.15, -0.1) is 0 Å². The molecule has 0 atom stereocenters. The molecular weight excluding hydrogens is 368 g/mol. The lowest BCUT2D eigenvalue weighted by Crippen LogP contribution is -2.46. The van der Waals surface area contributed by atoms with Crippen molar-refractivity contribution in [3.05, 3.63) is 92.3 Å². The van der Waals surface area contributed by atoms with E-state index in [-0.39, 0.29) is 12.2 Å². The summed E-state index contributed by atoms with van der Waals surface area (Å²) in [5.74, 6) is -0.483. The Hall–Kier alpha value is -3.48. The number of carbonyl (C=O) groups is 1.